The highest BCUT2D eigenvalue weighted by Gasteiger charge is 2.23. The molecule has 0 radical (unpaired) electrons. The fourth-order valence-electron chi connectivity index (χ4n) is 2.05. The predicted molar refractivity (Wildman–Crippen MR) is 71.5 cm³/mol. The first-order valence-corrected chi connectivity index (χ1v) is 6.40. The second-order valence-corrected chi connectivity index (χ2v) is 4.36. The number of benzene rings is 1. The number of nitrogens with zero attached hydrogens (tertiary/aromatic N) is 3. The number of ether oxygens (including phenoxy) is 1. The Balaban J connectivity index is 2.13. The van der Waals surface area contributed by atoms with E-state index in [9.17, 15) is 5.11 Å². The molecule has 2 unspecified atom stereocenters. The summed E-state index contributed by atoms with van der Waals surface area (Å²) in [5.41, 5.74) is 0.971. The molecular weight excluding hydrogens is 242 g/mol. The zero-order valence-electron chi connectivity index (χ0n) is 11.2. The van der Waals surface area contributed by atoms with Crippen LogP contribution in [-0.4, -0.2) is 32.6 Å². The molecule has 0 saturated carbocycles. The van der Waals surface area contributed by atoms with Crippen molar-refractivity contribution in [3.8, 4) is 0 Å². The first-order valence-electron chi connectivity index (χ1n) is 6.40. The Morgan fingerprint density at radius 1 is 1.32 bits per heavy atom. The predicted octanol–water partition coefficient (Wildman–Crippen LogP) is 1.50. The van der Waals surface area contributed by atoms with E-state index in [4.69, 9.17) is 4.74 Å². The maximum atomic E-state index is 10.4. The molecule has 2 aromatic rings. The molecule has 0 aliphatic rings. The molecule has 0 bridgehead atoms. The van der Waals surface area contributed by atoms with E-state index in [-0.39, 0.29) is 6.10 Å². The van der Waals surface area contributed by atoms with Gasteiger partial charge in [-0.2, -0.15) is 5.10 Å². The van der Waals surface area contributed by atoms with Gasteiger partial charge in [0.1, 0.15) is 18.3 Å². The van der Waals surface area contributed by atoms with E-state index in [1.165, 1.54) is 6.33 Å². The van der Waals surface area contributed by atoms with Crippen LogP contribution in [0.2, 0.25) is 0 Å². The Hall–Kier alpha value is -1.72. The monoisotopic (exact) mass is 261 g/mol. The summed E-state index contributed by atoms with van der Waals surface area (Å²) in [7, 11) is 1.81. The first kappa shape index (κ1) is 13.7. The number of aliphatic hydroxyl groups excluding tert-OH is 1. The maximum absolute atomic E-state index is 10.4. The van der Waals surface area contributed by atoms with Crippen molar-refractivity contribution in [3.63, 3.8) is 0 Å². The van der Waals surface area contributed by atoms with Gasteiger partial charge in [0.15, 0.2) is 0 Å². The van der Waals surface area contributed by atoms with Crippen LogP contribution >= 0.6 is 0 Å². The van der Waals surface area contributed by atoms with Crippen LogP contribution in [0.3, 0.4) is 0 Å². The smallest absolute Gasteiger partial charge is 0.138 e. The van der Waals surface area contributed by atoms with Gasteiger partial charge in [-0.3, -0.25) is 4.68 Å². The summed E-state index contributed by atoms with van der Waals surface area (Å²) < 4.78 is 7.33. The van der Waals surface area contributed by atoms with Crippen LogP contribution in [0.1, 0.15) is 24.4 Å². The summed E-state index contributed by atoms with van der Waals surface area (Å²) in [5, 5.41) is 14.4. The average molecular weight is 261 g/mol. The maximum Gasteiger partial charge on any atom is 0.138 e. The van der Waals surface area contributed by atoms with Crippen molar-refractivity contribution in [2.75, 3.05) is 6.61 Å². The van der Waals surface area contributed by atoms with Crippen molar-refractivity contribution in [1.82, 2.24) is 14.8 Å². The highest BCUT2D eigenvalue weighted by atomic mass is 16.5. The second-order valence-electron chi connectivity index (χ2n) is 4.36. The van der Waals surface area contributed by atoms with Gasteiger partial charge in [0.25, 0.3) is 0 Å². The van der Waals surface area contributed by atoms with Crippen LogP contribution in [0, 0.1) is 0 Å². The highest BCUT2D eigenvalue weighted by Crippen LogP contribution is 2.23. The van der Waals surface area contributed by atoms with Gasteiger partial charge in [0, 0.05) is 20.1 Å². The Morgan fingerprint density at radius 2 is 2.05 bits per heavy atom. The molecule has 19 heavy (non-hydrogen) atoms. The van der Waals surface area contributed by atoms with Gasteiger partial charge < -0.3 is 9.84 Å². The minimum Gasteiger partial charge on any atom is -0.390 e. The van der Waals surface area contributed by atoms with E-state index in [1.54, 1.807) is 4.68 Å². The number of rotatable bonds is 6. The minimum atomic E-state index is -0.648. The van der Waals surface area contributed by atoms with E-state index in [0.717, 1.165) is 11.4 Å². The van der Waals surface area contributed by atoms with Gasteiger partial charge >= 0.3 is 0 Å². The molecule has 102 valence electrons. The number of aryl methyl sites for hydroxylation is 1. The second kappa shape index (κ2) is 6.45. The molecule has 1 heterocycles. The lowest BCUT2D eigenvalue weighted by molar-refractivity contribution is -0.0350. The Labute approximate surface area is 112 Å². The van der Waals surface area contributed by atoms with Crippen LogP contribution in [0.15, 0.2) is 36.7 Å². The number of hydrogen-bond acceptors (Lipinski definition) is 4. The van der Waals surface area contributed by atoms with Gasteiger partial charge in [0.2, 0.25) is 0 Å². The molecule has 0 aliphatic heterocycles. The minimum absolute atomic E-state index is 0.345. The van der Waals surface area contributed by atoms with Crippen LogP contribution in [-0.2, 0) is 18.2 Å². The highest BCUT2D eigenvalue weighted by molar-refractivity contribution is 5.19. The molecule has 2 atom stereocenters. The molecule has 1 N–H and O–H groups in total. The fraction of sp³-hybridized carbons (Fsp3) is 0.429. The Morgan fingerprint density at radius 3 is 2.63 bits per heavy atom. The van der Waals surface area contributed by atoms with Crippen molar-refractivity contribution < 1.29 is 9.84 Å². The zero-order chi connectivity index (χ0) is 13.7. The molecule has 1 aromatic carbocycles. The molecule has 2 rings (SSSR count). The van der Waals surface area contributed by atoms with Gasteiger partial charge in [-0.05, 0) is 12.5 Å². The average Bonchev–Trinajstić information content (AvgIpc) is 2.82. The van der Waals surface area contributed by atoms with Crippen LogP contribution in [0.5, 0.6) is 0 Å². The number of aliphatic hydroxyl groups is 1. The van der Waals surface area contributed by atoms with Crippen molar-refractivity contribution in [2.24, 2.45) is 7.05 Å². The summed E-state index contributed by atoms with van der Waals surface area (Å²) >= 11 is 0. The third-order valence-electron chi connectivity index (χ3n) is 3.02. The van der Waals surface area contributed by atoms with E-state index in [0.29, 0.717) is 13.0 Å². The van der Waals surface area contributed by atoms with Gasteiger partial charge in [-0.15, -0.1) is 0 Å². The van der Waals surface area contributed by atoms with Crippen LogP contribution in [0.25, 0.3) is 0 Å². The van der Waals surface area contributed by atoms with Crippen molar-refractivity contribution in [3.05, 3.63) is 48.0 Å². The molecule has 0 spiro atoms. The lowest BCUT2D eigenvalue weighted by Crippen LogP contribution is -2.25. The number of aromatic nitrogens is 3. The summed E-state index contributed by atoms with van der Waals surface area (Å²) in [6.45, 7) is 2.47. The SMILES string of the molecule is CCOC(c1ccccc1)C(O)Cc1ncnn1C. The van der Waals surface area contributed by atoms with Crippen molar-refractivity contribution in [2.45, 2.75) is 25.6 Å². The first-order chi connectivity index (χ1) is 9.22. The number of hydrogen-bond donors (Lipinski definition) is 1. The third kappa shape index (κ3) is 3.39. The quantitative estimate of drug-likeness (QED) is 0.856. The topological polar surface area (TPSA) is 60.2 Å². The summed E-state index contributed by atoms with van der Waals surface area (Å²) in [4.78, 5) is 4.13. The standard InChI is InChI=1S/C14H19N3O2/c1-3-19-14(11-7-5-4-6-8-11)12(18)9-13-15-10-16-17(13)2/h4-8,10,12,14,18H,3,9H2,1-2H3. The fourth-order valence-corrected chi connectivity index (χ4v) is 2.05. The molecule has 0 amide bonds. The lowest BCUT2D eigenvalue weighted by Gasteiger charge is -2.23. The van der Waals surface area contributed by atoms with Gasteiger partial charge in [-0.25, -0.2) is 4.98 Å². The zero-order valence-corrected chi connectivity index (χ0v) is 11.2. The van der Waals surface area contributed by atoms with Crippen molar-refractivity contribution >= 4 is 0 Å². The Bertz CT molecular complexity index is 498. The van der Waals surface area contributed by atoms with E-state index >= 15 is 0 Å². The third-order valence-corrected chi connectivity index (χ3v) is 3.02. The van der Waals surface area contributed by atoms with E-state index < -0.39 is 6.10 Å². The van der Waals surface area contributed by atoms with Crippen LogP contribution < -0.4 is 0 Å². The summed E-state index contributed by atoms with van der Waals surface area (Å²) in [6.07, 6.45) is 0.907. The van der Waals surface area contributed by atoms with Crippen molar-refractivity contribution in [1.29, 1.82) is 0 Å². The molecule has 0 fully saturated rings. The molecule has 5 nitrogen and oxygen atoms in total. The van der Waals surface area contributed by atoms with E-state index in [1.807, 2.05) is 44.3 Å². The summed E-state index contributed by atoms with van der Waals surface area (Å²) in [5.74, 6) is 0.744. The normalized spacial score (nSPS) is 14.3. The Kier molecular flexibility index (Phi) is 4.65. The molecule has 0 saturated heterocycles. The summed E-state index contributed by atoms with van der Waals surface area (Å²) in [6, 6.07) is 9.74. The molecular formula is C14H19N3O2. The molecule has 5 heteroatoms. The molecule has 0 aliphatic carbocycles. The lowest BCUT2D eigenvalue weighted by atomic mass is 10.0. The van der Waals surface area contributed by atoms with Crippen LogP contribution in [0.4, 0.5) is 0 Å². The van der Waals surface area contributed by atoms with Gasteiger partial charge in [-0.1, -0.05) is 30.3 Å². The van der Waals surface area contributed by atoms with E-state index in [2.05, 4.69) is 10.1 Å². The van der Waals surface area contributed by atoms with Gasteiger partial charge in [0.05, 0.1) is 6.10 Å². The largest absolute Gasteiger partial charge is 0.390 e. The molecule has 1 aromatic heterocycles.